The van der Waals surface area contributed by atoms with E-state index >= 15 is 0 Å². The van der Waals surface area contributed by atoms with E-state index in [1.165, 1.54) is 116 Å². The summed E-state index contributed by atoms with van der Waals surface area (Å²) in [6, 6.07) is -1.54. The third kappa shape index (κ3) is 33.6. The maximum Gasteiger partial charge on any atom is 0.472 e. The first-order valence-corrected chi connectivity index (χ1v) is 21.6. The van der Waals surface area contributed by atoms with Crippen LogP contribution in [0.15, 0.2) is 0 Å². The van der Waals surface area contributed by atoms with Gasteiger partial charge in [0.25, 0.3) is 0 Å². The number of phosphoric ester groups is 1. The molecule has 0 bridgehead atoms. The van der Waals surface area contributed by atoms with E-state index in [-0.39, 0.29) is 12.8 Å². The van der Waals surface area contributed by atoms with Crippen LogP contribution in [0, 0.1) is 0 Å². The van der Waals surface area contributed by atoms with Gasteiger partial charge in [-0.3, -0.25) is 18.6 Å². The molecule has 50 heavy (non-hydrogen) atoms. The molecule has 3 unspecified atom stereocenters. The van der Waals surface area contributed by atoms with Gasteiger partial charge in [-0.1, -0.05) is 168 Å². The van der Waals surface area contributed by atoms with Crippen molar-refractivity contribution >= 4 is 25.7 Å². The van der Waals surface area contributed by atoms with Crippen molar-refractivity contribution in [2.45, 2.75) is 206 Å². The first kappa shape index (κ1) is 48.5. The number of amides is 1. The Kier molecular flexibility index (Phi) is 33.5. The van der Waals surface area contributed by atoms with Gasteiger partial charge in [-0.25, -0.2) is 9.36 Å². The lowest BCUT2D eigenvalue weighted by Crippen LogP contribution is -2.43. The standard InChI is InChI=1S/C38H74NO10P/c1-3-5-7-9-11-13-14-15-16-17-18-19-20-21-22-24-26-28-30-37(42)47-31-34(40)32-48-50(45,46)49-33-35(38(43)44)39-36(41)29-27-25-23-12-10-8-6-4-2/h34-35,40H,3-33H2,1-2H3,(H,39,41)(H,43,44)(H,45,46). The van der Waals surface area contributed by atoms with Crippen LogP contribution in [-0.4, -0.2) is 64.9 Å². The highest BCUT2D eigenvalue weighted by Gasteiger charge is 2.28. The number of aliphatic hydroxyl groups is 1. The van der Waals surface area contributed by atoms with Crippen LogP contribution in [0.5, 0.6) is 0 Å². The Morgan fingerprint density at radius 1 is 0.560 bits per heavy atom. The minimum absolute atomic E-state index is 0.149. The minimum Gasteiger partial charge on any atom is -0.480 e. The highest BCUT2D eigenvalue weighted by atomic mass is 31.2. The van der Waals surface area contributed by atoms with E-state index in [1.54, 1.807) is 0 Å². The Morgan fingerprint density at radius 3 is 1.32 bits per heavy atom. The largest absolute Gasteiger partial charge is 0.480 e. The van der Waals surface area contributed by atoms with Crippen molar-refractivity contribution < 1.29 is 47.8 Å². The average Bonchev–Trinajstić information content (AvgIpc) is 3.08. The van der Waals surface area contributed by atoms with Crippen molar-refractivity contribution in [1.29, 1.82) is 0 Å². The summed E-state index contributed by atoms with van der Waals surface area (Å²) < 4.78 is 26.7. The minimum atomic E-state index is -4.74. The lowest BCUT2D eigenvalue weighted by Gasteiger charge is -2.18. The van der Waals surface area contributed by atoms with Crippen LogP contribution in [0.1, 0.15) is 194 Å². The molecule has 0 saturated carbocycles. The first-order chi connectivity index (χ1) is 24.1. The molecule has 0 aromatic heterocycles. The lowest BCUT2D eigenvalue weighted by molar-refractivity contribution is -0.147. The Morgan fingerprint density at radius 2 is 0.920 bits per heavy atom. The van der Waals surface area contributed by atoms with Crippen LogP contribution >= 0.6 is 7.82 Å². The fourth-order valence-electron chi connectivity index (χ4n) is 5.73. The zero-order chi connectivity index (χ0) is 37.1. The third-order valence-corrected chi connectivity index (χ3v) is 9.85. The van der Waals surface area contributed by atoms with Gasteiger partial charge in [0.1, 0.15) is 12.7 Å². The van der Waals surface area contributed by atoms with Crippen LogP contribution in [0.3, 0.4) is 0 Å². The topological polar surface area (TPSA) is 169 Å². The summed E-state index contributed by atoms with van der Waals surface area (Å²) in [5.74, 6) is -2.37. The second-order valence-electron chi connectivity index (χ2n) is 13.8. The summed E-state index contributed by atoms with van der Waals surface area (Å²) in [4.78, 5) is 45.6. The molecule has 0 aliphatic carbocycles. The normalized spacial score (nSPS) is 13.8. The van der Waals surface area contributed by atoms with Gasteiger partial charge in [-0.2, -0.15) is 0 Å². The number of carbonyl (C=O) groups is 3. The van der Waals surface area contributed by atoms with Gasteiger partial charge in [0.15, 0.2) is 6.04 Å². The molecule has 0 aromatic rings. The molecule has 0 radical (unpaired) electrons. The molecule has 4 N–H and O–H groups in total. The van der Waals surface area contributed by atoms with Gasteiger partial charge in [-0.05, 0) is 12.8 Å². The van der Waals surface area contributed by atoms with Gasteiger partial charge < -0.3 is 25.2 Å². The first-order valence-electron chi connectivity index (χ1n) is 20.1. The number of carboxylic acid groups (broad SMARTS) is 1. The van der Waals surface area contributed by atoms with E-state index < -0.39 is 57.6 Å². The number of phosphoric acid groups is 1. The molecule has 0 aliphatic rings. The van der Waals surface area contributed by atoms with Crippen molar-refractivity contribution in [2.75, 3.05) is 19.8 Å². The van der Waals surface area contributed by atoms with E-state index in [9.17, 15) is 34.1 Å². The average molecular weight is 736 g/mol. The van der Waals surface area contributed by atoms with Crippen LogP contribution < -0.4 is 5.32 Å². The number of carboxylic acids is 1. The van der Waals surface area contributed by atoms with Crippen molar-refractivity contribution in [3.8, 4) is 0 Å². The number of aliphatic carboxylic acids is 1. The van der Waals surface area contributed by atoms with Gasteiger partial charge in [0, 0.05) is 12.8 Å². The Bertz CT molecular complexity index is 875. The van der Waals surface area contributed by atoms with Crippen LogP contribution in [0.4, 0.5) is 0 Å². The number of esters is 1. The summed E-state index contributed by atoms with van der Waals surface area (Å²) >= 11 is 0. The molecule has 296 valence electrons. The number of rotatable bonds is 38. The van der Waals surface area contributed by atoms with Gasteiger partial charge in [0.05, 0.1) is 13.2 Å². The number of unbranched alkanes of at least 4 members (excludes halogenated alkanes) is 24. The van der Waals surface area contributed by atoms with Crippen molar-refractivity contribution in [3.63, 3.8) is 0 Å². The number of carbonyl (C=O) groups excluding carboxylic acids is 2. The van der Waals surface area contributed by atoms with Crippen molar-refractivity contribution in [3.05, 3.63) is 0 Å². The molecule has 0 aromatic carbocycles. The summed E-state index contributed by atoms with van der Waals surface area (Å²) in [6.07, 6.45) is 30.1. The maximum absolute atomic E-state index is 12.2. The molecule has 11 nitrogen and oxygen atoms in total. The maximum atomic E-state index is 12.2. The molecule has 0 saturated heterocycles. The number of hydrogen-bond acceptors (Lipinski definition) is 8. The van der Waals surface area contributed by atoms with E-state index in [0.717, 1.165) is 38.5 Å². The molecule has 0 rings (SSSR count). The molecule has 3 atom stereocenters. The molecule has 12 heteroatoms. The molecule has 0 fully saturated rings. The van der Waals surface area contributed by atoms with Gasteiger partial charge >= 0.3 is 19.8 Å². The second kappa shape index (κ2) is 34.6. The lowest BCUT2D eigenvalue weighted by atomic mass is 10.0. The molecule has 0 heterocycles. The van der Waals surface area contributed by atoms with Crippen LogP contribution in [0.2, 0.25) is 0 Å². The SMILES string of the molecule is CCCCCCCCCCCCCCCCCCCCC(=O)OCC(O)COP(=O)(O)OCC(NC(=O)CCCCCCCCCC)C(=O)O. The van der Waals surface area contributed by atoms with E-state index in [4.69, 9.17) is 13.8 Å². The number of nitrogens with one attached hydrogen (secondary N) is 1. The summed E-state index contributed by atoms with van der Waals surface area (Å²) in [5, 5.41) is 21.7. The highest BCUT2D eigenvalue weighted by Crippen LogP contribution is 2.43. The quantitative estimate of drug-likeness (QED) is 0.0272. The van der Waals surface area contributed by atoms with Crippen molar-refractivity contribution in [2.24, 2.45) is 0 Å². The second-order valence-corrected chi connectivity index (χ2v) is 15.3. The fraction of sp³-hybridized carbons (Fsp3) is 0.921. The molecule has 0 aliphatic heterocycles. The predicted molar refractivity (Wildman–Crippen MR) is 199 cm³/mol. The summed E-state index contributed by atoms with van der Waals surface area (Å²) in [5.41, 5.74) is 0. The summed E-state index contributed by atoms with van der Waals surface area (Å²) in [6.45, 7) is 2.55. The molecular weight excluding hydrogens is 661 g/mol. The Balaban J connectivity index is 3.83. The highest BCUT2D eigenvalue weighted by molar-refractivity contribution is 7.47. The number of aliphatic hydroxyl groups excluding tert-OH is 1. The monoisotopic (exact) mass is 736 g/mol. The zero-order valence-corrected chi connectivity index (χ0v) is 32.6. The number of hydrogen-bond donors (Lipinski definition) is 4. The molecule has 0 spiro atoms. The van der Waals surface area contributed by atoms with E-state index in [2.05, 4.69) is 19.2 Å². The zero-order valence-electron chi connectivity index (χ0n) is 31.7. The predicted octanol–water partition coefficient (Wildman–Crippen LogP) is 9.56. The van der Waals surface area contributed by atoms with Crippen LogP contribution in [-0.2, 0) is 32.7 Å². The Labute approximate surface area is 304 Å². The number of ether oxygens (including phenoxy) is 1. The third-order valence-electron chi connectivity index (χ3n) is 8.90. The summed E-state index contributed by atoms with van der Waals surface area (Å²) in [7, 11) is -4.74. The van der Waals surface area contributed by atoms with E-state index in [0.29, 0.717) is 12.8 Å². The molecular formula is C38H74NO10P. The molecule has 1 amide bonds. The smallest absolute Gasteiger partial charge is 0.472 e. The van der Waals surface area contributed by atoms with Gasteiger partial charge in [-0.15, -0.1) is 0 Å². The fourth-order valence-corrected chi connectivity index (χ4v) is 6.50. The van der Waals surface area contributed by atoms with E-state index in [1.807, 2.05) is 0 Å². The van der Waals surface area contributed by atoms with Gasteiger partial charge in [0.2, 0.25) is 5.91 Å². The Hall–Kier alpha value is -1.52. The van der Waals surface area contributed by atoms with Crippen LogP contribution in [0.25, 0.3) is 0 Å². The van der Waals surface area contributed by atoms with Crippen molar-refractivity contribution in [1.82, 2.24) is 5.32 Å².